The van der Waals surface area contributed by atoms with Gasteiger partial charge >= 0.3 is 0 Å². The van der Waals surface area contributed by atoms with Gasteiger partial charge in [0.1, 0.15) is 18.1 Å². The van der Waals surface area contributed by atoms with E-state index in [2.05, 4.69) is 11.1 Å². The van der Waals surface area contributed by atoms with Crippen LogP contribution >= 0.6 is 0 Å². The first kappa shape index (κ1) is 13.8. The van der Waals surface area contributed by atoms with E-state index in [1.54, 1.807) is 18.2 Å². The Hall–Kier alpha value is -2.67. The largest absolute Gasteiger partial charge is 0.487 e. The molecule has 0 spiro atoms. The summed E-state index contributed by atoms with van der Waals surface area (Å²) in [5, 5.41) is 8.83. The molecule has 2 aromatic rings. The highest BCUT2D eigenvalue weighted by atomic mass is 16.5. The molecule has 0 saturated carbocycles. The van der Waals surface area contributed by atoms with Crippen molar-refractivity contribution in [3.8, 4) is 11.8 Å². The Morgan fingerprint density at radius 1 is 1.30 bits per heavy atom. The van der Waals surface area contributed by atoms with E-state index in [4.69, 9.17) is 10.00 Å². The van der Waals surface area contributed by atoms with Crippen LogP contribution in [0, 0.1) is 25.2 Å². The van der Waals surface area contributed by atoms with E-state index < -0.39 is 0 Å². The number of aldehydes is 1. The molecule has 0 N–H and O–H groups in total. The lowest BCUT2D eigenvalue weighted by Crippen LogP contribution is -2.02. The summed E-state index contributed by atoms with van der Waals surface area (Å²) in [6, 6.07) is 11.1. The minimum atomic E-state index is 0.302. The van der Waals surface area contributed by atoms with Crippen LogP contribution in [0.5, 0.6) is 5.75 Å². The molecule has 20 heavy (non-hydrogen) atoms. The van der Waals surface area contributed by atoms with Gasteiger partial charge in [0.05, 0.1) is 11.6 Å². The average Bonchev–Trinajstić information content (AvgIpc) is 2.46. The number of pyridine rings is 1. The predicted molar refractivity (Wildman–Crippen MR) is 74.6 cm³/mol. The third-order valence-electron chi connectivity index (χ3n) is 2.99. The fourth-order valence-corrected chi connectivity index (χ4v) is 1.85. The zero-order valence-electron chi connectivity index (χ0n) is 11.4. The molecule has 0 unspecified atom stereocenters. The third-order valence-corrected chi connectivity index (χ3v) is 2.99. The van der Waals surface area contributed by atoms with Crippen molar-refractivity contribution in [2.75, 3.05) is 0 Å². The summed E-state index contributed by atoms with van der Waals surface area (Å²) in [6.07, 6.45) is 0.688. The second-order valence-corrected chi connectivity index (χ2v) is 4.50. The molecular weight excluding hydrogens is 252 g/mol. The lowest BCUT2D eigenvalue weighted by molar-refractivity contribution is 0.111. The standard InChI is InChI=1S/C16H14N2O2/c1-11-7-13(8-17)4-5-14(11)10-20-16-6-3-12(2)18-15(16)9-19/h3-7,9H,10H2,1-2H3. The monoisotopic (exact) mass is 266 g/mol. The summed E-state index contributed by atoms with van der Waals surface area (Å²) in [5.74, 6) is 0.467. The third kappa shape index (κ3) is 3.01. The number of benzene rings is 1. The van der Waals surface area contributed by atoms with Gasteiger partial charge in [-0.05, 0) is 49.2 Å². The summed E-state index contributed by atoms with van der Waals surface area (Å²) in [6.45, 7) is 4.08. The SMILES string of the molecule is Cc1ccc(OCc2ccc(C#N)cc2C)c(C=O)n1. The van der Waals surface area contributed by atoms with Gasteiger partial charge in [0.15, 0.2) is 6.29 Å². The number of aromatic nitrogens is 1. The summed E-state index contributed by atoms with van der Waals surface area (Å²) >= 11 is 0. The highest BCUT2D eigenvalue weighted by Crippen LogP contribution is 2.18. The minimum absolute atomic E-state index is 0.302. The van der Waals surface area contributed by atoms with Crippen molar-refractivity contribution >= 4 is 6.29 Å². The molecule has 100 valence electrons. The van der Waals surface area contributed by atoms with E-state index in [0.717, 1.165) is 16.8 Å². The van der Waals surface area contributed by atoms with Gasteiger partial charge in [-0.3, -0.25) is 4.79 Å². The topological polar surface area (TPSA) is 63.0 Å². The summed E-state index contributed by atoms with van der Waals surface area (Å²) < 4.78 is 5.65. The maximum atomic E-state index is 11.0. The van der Waals surface area contributed by atoms with Crippen LogP contribution in [0.1, 0.15) is 32.9 Å². The smallest absolute Gasteiger partial charge is 0.172 e. The Labute approximate surface area is 117 Å². The van der Waals surface area contributed by atoms with E-state index in [1.807, 2.05) is 26.0 Å². The normalized spacial score (nSPS) is 9.85. The molecular formula is C16H14N2O2. The molecule has 4 heteroatoms. The number of ether oxygens (including phenoxy) is 1. The lowest BCUT2D eigenvalue weighted by atomic mass is 10.1. The van der Waals surface area contributed by atoms with Crippen molar-refractivity contribution in [3.63, 3.8) is 0 Å². The molecule has 2 rings (SSSR count). The number of rotatable bonds is 4. The number of hydrogen-bond acceptors (Lipinski definition) is 4. The summed E-state index contributed by atoms with van der Waals surface area (Å²) in [7, 11) is 0. The van der Waals surface area contributed by atoms with Crippen molar-refractivity contribution in [2.45, 2.75) is 20.5 Å². The molecule has 4 nitrogen and oxygen atoms in total. The van der Waals surface area contributed by atoms with Gasteiger partial charge < -0.3 is 4.74 Å². The fraction of sp³-hybridized carbons (Fsp3) is 0.188. The number of hydrogen-bond donors (Lipinski definition) is 0. The van der Waals surface area contributed by atoms with Crippen LogP contribution in [0.25, 0.3) is 0 Å². The van der Waals surface area contributed by atoms with Gasteiger partial charge in [0.2, 0.25) is 0 Å². The Morgan fingerprint density at radius 3 is 2.75 bits per heavy atom. The van der Waals surface area contributed by atoms with Crippen LogP contribution in [-0.4, -0.2) is 11.3 Å². The number of carbonyl (C=O) groups is 1. The van der Waals surface area contributed by atoms with Crippen molar-refractivity contribution in [2.24, 2.45) is 0 Å². The quantitative estimate of drug-likeness (QED) is 0.798. The Balaban J connectivity index is 2.17. The molecule has 0 radical (unpaired) electrons. The van der Waals surface area contributed by atoms with Gasteiger partial charge in [-0.2, -0.15) is 5.26 Å². The van der Waals surface area contributed by atoms with Gasteiger partial charge in [0, 0.05) is 5.69 Å². The van der Waals surface area contributed by atoms with Crippen LogP contribution in [0.15, 0.2) is 30.3 Å². The van der Waals surface area contributed by atoms with E-state index in [1.165, 1.54) is 0 Å². The first-order chi connectivity index (χ1) is 9.63. The number of aryl methyl sites for hydroxylation is 2. The summed E-state index contributed by atoms with van der Waals surface area (Å²) in [4.78, 5) is 15.1. The maximum absolute atomic E-state index is 11.0. The zero-order valence-corrected chi connectivity index (χ0v) is 11.4. The molecule has 0 aliphatic carbocycles. The maximum Gasteiger partial charge on any atom is 0.172 e. The molecule has 1 aromatic heterocycles. The van der Waals surface area contributed by atoms with E-state index in [0.29, 0.717) is 29.9 Å². The van der Waals surface area contributed by atoms with Crippen LogP contribution in [-0.2, 0) is 6.61 Å². The average molecular weight is 266 g/mol. The predicted octanol–water partition coefficient (Wildman–Crippen LogP) is 2.96. The molecule has 0 bridgehead atoms. The Kier molecular flexibility index (Phi) is 4.11. The van der Waals surface area contributed by atoms with Gasteiger partial charge in [0.25, 0.3) is 0 Å². The Morgan fingerprint density at radius 2 is 2.10 bits per heavy atom. The highest BCUT2D eigenvalue weighted by molar-refractivity contribution is 5.76. The van der Waals surface area contributed by atoms with E-state index in [-0.39, 0.29) is 0 Å². The molecule has 0 amide bonds. The fourth-order valence-electron chi connectivity index (χ4n) is 1.85. The van der Waals surface area contributed by atoms with E-state index in [9.17, 15) is 4.79 Å². The van der Waals surface area contributed by atoms with Gasteiger partial charge in [-0.25, -0.2) is 4.98 Å². The number of nitriles is 1. The van der Waals surface area contributed by atoms with Crippen molar-refractivity contribution in [1.29, 1.82) is 5.26 Å². The zero-order chi connectivity index (χ0) is 14.5. The molecule has 0 aliphatic heterocycles. The molecule has 0 aliphatic rings. The first-order valence-electron chi connectivity index (χ1n) is 6.19. The van der Waals surface area contributed by atoms with Crippen molar-refractivity contribution < 1.29 is 9.53 Å². The van der Waals surface area contributed by atoms with E-state index >= 15 is 0 Å². The van der Waals surface area contributed by atoms with Crippen molar-refractivity contribution in [1.82, 2.24) is 4.98 Å². The first-order valence-corrected chi connectivity index (χ1v) is 6.19. The summed E-state index contributed by atoms with van der Waals surface area (Å²) in [5.41, 5.74) is 3.65. The second-order valence-electron chi connectivity index (χ2n) is 4.50. The number of nitrogens with zero attached hydrogens (tertiary/aromatic N) is 2. The lowest BCUT2D eigenvalue weighted by Gasteiger charge is -2.10. The van der Waals surface area contributed by atoms with Crippen LogP contribution in [0.3, 0.4) is 0 Å². The minimum Gasteiger partial charge on any atom is -0.487 e. The molecule has 0 fully saturated rings. The molecule has 1 heterocycles. The van der Waals surface area contributed by atoms with Gasteiger partial charge in [-0.1, -0.05) is 6.07 Å². The Bertz CT molecular complexity index is 687. The number of carbonyl (C=O) groups excluding carboxylic acids is 1. The van der Waals surface area contributed by atoms with Crippen LogP contribution in [0.2, 0.25) is 0 Å². The van der Waals surface area contributed by atoms with Crippen molar-refractivity contribution in [3.05, 3.63) is 58.4 Å². The van der Waals surface area contributed by atoms with Crippen LogP contribution < -0.4 is 4.74 Å². The highest BCUT2D eigenvalue weighted by Gasteiger charge is 2.06. The molecule has 0 saturated heterocycles. The second kappa shape index (κ2) is 5.98. The molecule has 0 atom stereocenters. The van der Waals surface area contributed by atoms with Gasteiger partial charge in [-0.15, -0.1) is 0 Å². The van der Waals surface area contributed by atoms with Crippen LogP contribution in [0.4, 0.5) is 0 Å². The molecule has 1 aromatic carbocycles.